The van der Waals surface area contributed by atoms with Crippen LogP contribution in [0.3, 0.4) is 0 Å². The lowest BCUT2D eigenvalue weighted by Crippen LogP contribution is -2.40. The molecule has 1 aromatic heterocycles. The van der Waals surface area contributed by atoms with Crippen molar-refractivity contribution in [3.05, 3.63) is 84.5 Å². The molecule has 34 heavy (non-hydrogen) atoms. The van der Waals surface area contributed by atoms with E-state index in [1.165, 1.54) is 11.3 Å². The maximum absolute atomic E-state index is 13.7. The fourth-order valence-corrected chi connectivity index (χ4v) is 5.18. The number of allylic oxidation sites excluding steroid dienone is 1. The number of hydrogen-bond donors (Lipinski definition) is 0. The summed E-state index contributed by atoms with van der Waals surface area (Å²) in [7, 11) is 1.56. The number of nitrogens with zero attached hydrogens (tertiary/aromatic N) is 2. The second-order valence-electron chi connectivity index (χ2n) is 7.66. The van der Waals surface area contributed by atoms with Crippen LogP contribution in [0, 0.1) is 0 Å². The SMILES string of the molecule is CCOC(=O)C1=C(C)N=c2s/c(=C/c3ccc4c(c3)OCO4)c(=O)n2[C@H]1c1ccccc1OC. The molecule has 0 amide bonds. The molecule has 0 unspecified atom stereocenters. The fourth-order valence-electron chi connectivity index (χ4n) is 4.13. The monoisotopic (exact) mass is 478 g/mol. The van der Waals surface area contributed by atoms with Gasteiger partial charge in [0.2, 0.25) is 6.79 Å². The Kier molecular flexibility index (Phi) is 5.70. The first-order chi connectivity index (χ1) is 16.5. The van der Waals surface area contributed by atoms with Crippen molar-refractivity contribution < 1.29 is 23.7 Å². The second kappa shape index (κ2) is 8.83. The van der Waals surface area contributed by atoms with Gasteiger partial charge in [0, 0.05) is 5.56 Å². The third-order valence-electron chi connectivity index (χ3n) is 5.64. The molecule has 0 saturated heterocycles. The predicted molar refractivity (Wildman–Crippen MR) is 126 cm³/mol. The van der Waals surface area contributed by atoms with Crippen LogP contribution < -0.4 is 29.1 Å². The molecular formula is C25H22N2O6S. The quantitative estimate of drug-likeness (QED) is 0.524. The van der Waals surface area contributed by atoms with E-state index in [9.17, 15) is 9.59 Å². The number of carbonyl (C=O) groups excluding carboxylic acids is 1. The lowest BCUT2D eigenvalue weighted by molar-refractivity contribution is -0.139. The fraction of sp³-hybridized carbons (Fsp3) is 0.240. The van der Waals surface area contributed by atoms with Crippen LogP contribution in [0.4, 0.5) is 0 Å². The number of rotatable bonds is 5. The van der Waals surface area contributed by atoms with Gasteiger partial charge < -0.3 is 18.9 Å². The zero-order valence-corrected chi connectivity index (χ0v) is 19.7. The molecule has 3 aromatic rings. The number of aromatic nitrogens is 1. The maximum atomic E-state index is 13.7. The topological polar surface area (TPSA) is 88.4 Å². The highest BCUT2D eigenvalue weighted by atomic mass is 32.1. The third kappa shape index (κ3) is 3.67. The Labute approximate surface area is 199 Å². The van der Waals surface area contributed by atoms with Gasteiger partial charge in [-0.25, -0.2) is 9.79 Å². The maximum Gasteiger partial charge on any atom is 0.338 e. The molecule has 5 rings (SSSR count). The van der Waals surface area contributed by atoms with Crippen molar-refractivity contribution in [2.24, 2.45) is 4.99 Å². The van der Waals surface area contributed by atoms with Gasteiger partial charge >= 0.3 is 5.97 Å². The number of ether oxygens (including phenoxy) is 4. The van der Waals surface area contributed by atoms with Gasteiger partial charge in [-0.3, -0.25) is 9.36 Å². The van der Waals surface area contributed by atoms with Gasteiger partial charge in [-0.1, -0.05) is 35.6 Å². The molecule has 0 N–H and O–H groups in total. The van der Waals surface area contributed by atoms with Crippen molar-refractivity contribution in [2.75, 3.05) is 20.5 Å². The van der Waals surface area contributed by atoms with Crippen molar-refractivity contribution in [1.29, 1.82) is 0 Å². The minimum absolute atomic E-state index is 0.176. The van der Waals surface area contributed by atoms with Gasteiger partial charge in [0.05, 0.1) is 29.5 Å². The lowest BCUT2D eigenvalue weighted by atomic mass is 9.95. The smallest absolute Gasteiger partial charge is 0.338 e. The number of hydrogen-bond acceptors (Lipinski definition) is 8. The van der Waals surface area contributed by atoms with E-state index in [1.54, 1.807) is 37.7 Å². The number of fused-ring (bicyclic) bond motifs is 2. The molecule has 3 heterocycles. The van der Waals surface area contributed by atoms with Crippen LogP contribution in [-0.2, 0) is 9.53 Å². The minimum Gasteiger partial charge on any atom is -0.496 e. The number of carbonyl (C=O) groups is 1. The van der Waals surface area contributed by atoms with Crippen LogP contribution in [0.2, 0.25) is 0 Å². The highest BCUT2D eigenvalue weighted by molar-refractivity contribution is 7.07. The summed E-state index contributed by atoms with van der Waals surface area (Å²) >= 11 is 1.26. The van der Waals surface area contributed by atoms with E-state index >= 15 is 0 Å². The molecule has 1 atom stereocenters. The summed E-state index contributed by atoms with van der Waals surface area (Å²) in [4.78, 5) is 31.8. The van der Waals surface area contributed by atoms with Crippen LogP contribution in [-0.4, -0.2) is 31.0 Å². The highest BCUT2D eigenvalue weighted by Gasteiger charge is 2.34. The largest absolute Gasteiger partial charge is 0.496 e. The van der Waals surface area contributed by atoms with Crippen molar-refractivity contribution in [3.8, 4) is 17.2 Å². The number of thiazole rings is 1. The molecule has 0 saturated carbocycles. The van der Waals surface area contributed by atoms with Crippen molar-refractivity contribution in [1.82, 2.24) is 4.57 Å². The Morgan fingerprint density at radius 1 is 1.24 bits per heavy atom. The molecule has 0 bridgehead atoms. The Morgan fingerprint density at radius 2 is 2.03 bits per heavy atom. The van der Waals surface area contributed by atoms with Gasteiger partial charge in [-0.15, -0.1) is 0 Å². The first kappa shape index (κ1) is 22.0. The van der Waals surface area contributed by atoms with Crippen LogP contribution in [0.15, 0.2) is 63.5 Å². The summed E-state index contributed by atoms with van der Waals surface area (Å²) < 4.78 is 23.8. The zero-order chi connectivity index (χ0) is 23.8. The van der Waals surface area contributed by atoms with Gasteiger partial charge in [-0.05, 0) is 43.7 Å². The van der Waals surface area contributed by atoms with E-state index in [4.69, 9.17) is 18.9 Å². The minimum atomic E-state index is -0.731. The summed E-state index contributed by atoms with van der Waals surface area (Å²) in [5, 5.41) is 0. The van der Waals surface area contributed by atoms with Crippen molar-refractivity contribution in [3.63, 3.8) is 0 Å². The number of esters is 1. The molecule has 2 aliphatic heterocycles. The molecule has 9 heteroatoms. The van der Waals surface area contributed by atoms with Gasteiger partial charge in [0.25, 0.3) is 5.56 Å². The molecule has 0 fully saturated rings. The Hall–Kier alpha value is -3.85. The van der Waals surface area contributed by atoms with Gasteiger partial charge in [-0.2, -0.15) is 0 Å². The number of benzene rings is 2. The van der Waals surface area contributed by atoms with Crippen LogP contribution in [0.25, 0.3) is 6.08 Å². The normalized spacial score (nSPS) is 16.8. The molecular weight excluding hydrogens is 456 g/mol. The van der Waals surface area contributed by atoms with E-state index in [1.807, 2.05) is 36.4 Å². The Morgan fingerprint density at radius 3 is 2.82 bits per heavy atom. The average Bonchev–Trinajstić information content (AvgIpc) is 3.42. The molecule has 0 aliphatic carbocycles. The molecule has 2 aliphatic rings. The van der Waals surface area contributed by atoms with E-state index < -0.39 is 12.0 Å². The molecule has 0 radical (unpaired) electrons. The van der Waals surface area contributed by atoms with Crippen LogP contribution in [0.1, 0.15) is 31.0 Å². The zero-order valence-electron chi connectivity index (χ0n) is 18.9. The molecule has 8 nitrogen and oxygen atoms in total. The molecule has 174 valence electrons. The number of para-hydroxylation sites is 1. The second-order valence-corrected chi connectivity index (χ2v) is 8.67. The summed E-state index contributed by atoms with van der Waals surface area (Å²) in [6.07, 6.45) is 1.79. The molecule has 2 aromatic carbocycles. The van der Waals surface area contributed by atoms with Gasteiger partial charge in [0.1, 0.15) is 11.8 Å². The average molecular weight is 479 g/mol. The van der Waals surface area contributed by atoms with Crippen LogP contribution in [0.5, 0.6) is 17.2 Å². The van der Waals surface area contributed by atoms with E-state index in [0.717, 1.165) is 5.56 Å². The van der Waals surface area contributed by atoms with Crippen LogP contribution >= 0.6 is 11.3 Å². The lowest BCUT2D eigenvalue weighted by Gasteiger charge is -2.25. The first-order valence-corrected chi connectivity index (χ1v) is 11.6. The summed E-state index contributed by atoms with van der Waals surface area (Å²) in [5.41, 5.74) is 2.04. The van der Waals surface area contributed by atoms with E-state index in [0.29, 0.717) is 43.4 Å². The standard InChI is InChI=1S/C25H22N2O6S/c1-4-31-24(29)21-14(2)26-25-27(22(21)16-7-5-6-8-17(16)30-3)23(28)20(34-25)12-15-9-10-18-19(11-15)33-13-32-18/h5-12,22H,4,13H2,1-3H3/b20-12+/t22-/m0/s1. The van der Waals surface area contributed by atoms with E-state index in [-0.39, 0.29) is 19.0 Å². The van der Waals surface area contributed by atoms with Crippen molar-refractivity contribution in [2.45, 2.75) is 19.9 Å². The number of methoxy groups -OCH3 is 1. The first-order valence-electron chi connectivity index (χ1n) is 10.7. The molecule has 0 spiro atoms. The Bertz CT molecular complexity index is 1500. The Balaban J connectivity index is 1.72. The third-order valence-corrected chi connectivity index (χ3v) is 6.63. The van der Waals surface area contributed by atoms with E-state index in [2.05, 4.69) is 4.99 Å². The highest BCUT2D eigenvalue weighted by Crippen LogP contribution is 2.36. The van der Waals surface area contributed by atoms with Crippen molar-refractivity contribution >= 4 is 23.4 Å². The summed E-state index contributed by atoms with van der Waals surface area (Å²) in [5.74, 6) is 1.36. The summed E-state index contributed by atoms with van der Waals surface area (Å²) in [6, 6.07) is 12.1. The van der Waals surface area contributed by atoms with Gasteiger partial charge in [0.15, 0.2) is 16.3 Å². The summed E-state index contributed by atoms with van der Waals surface area (Å²) in [6.45, 7) is 3.88. The predicted octanol–water partition coefficient (Wildman–Crippen LogP) is 2.54.